The van der Waals surface area contributed by atoms with Crippen molar-refractivity contribution in [3.8, 4) is 5.75 Å². The van der Waals surface area contributed by atoms with Gasteiger partial charge >= 0.3 is 0 Å². The fourth-order valence-electron chi connectivity index (χ4n) is 2.74. The van der Waals surface area contributed by atoms with Crippen LogP contribution in [0.4, 0.5) is 11.5 Å². The van der Waals surface area contributed by atoms with Gasteiger partial charge in [0.15, 0.2) is 0 Å². The minimum Gasteiger partial charge on any atom is -0.486 e. The van der Waals surface area contributed by atoms with Gasteiger partial charge in [0.05, 0.1) is 15.8 Å². The molecule has 4 N–H and O–H groups in total. The minimum atomic E-state index is -0.400. The maximum absolute atomic E-state index is 8.65. The number of nitrogens with zero attached hydrogens (tertiary/aromatic N) is 2. The Balaban J connectivity index is 1.94. The normalized spacial score (nSPS) is 12.1. The van der Waals surface area contributed by atoms with Gasteiger partial charge in [0.2, 0.25) is 0 Å². The molecule has 3 aromatic rings. The first-order chi connectivity index (χ1) is 13.9. The number of benzene rings is 1. The monoisotopic (exact) mass is 559 g/mol. The van der Waals surface area contributed by atoms with Gasteiger partial charge in [-0.25, -0.2) is 4.98 Å². The average molecular weight is 560 g/mol. The van der Waals surface area contributed by atoms with Crippen LogP contribution in [0.15, 0.2) is 48.9 Å². The number of nitrogens with one attached hydrogen (secondary N) is 2. The van der Waals surface area contributed by atoms with Crippen LogP contribution in [-0.2, 0) is 0 Å². The molecule has 0 aliphatic rings. The Bertz CT molecular complexity index is 1020. The first-order valence-electron chi connectivity index (χ1n) is 8.42. The van der Waals surface area contributed by atoms with Gasteiger partial charge in [-0.15, -0.1) is 0 Å². The van der Waals surface area contributed by atoms with Gasteiger partial charge in [-0.3, -0.25) is 10.4 Å². The number of hydrogen-bond acceptors (Lipinski definition) is 6. The van der Waals surface area contributed by atoms with E-state index in [4.69, 9.17) is 39.1 Å². The van der Waals surface area contributed by atoms with Gasteiger partial charge in [0.25, 0.3) is 0 Å². The molecule has 29 heavy (non-hydrogen) atoms. The third kappa shape index (κ3) is 5.28. The van der Waals surface area contributed by atoms with Crippen LogP contribution in [0.2, 0.25) is 10.0 Å². The maximum Gasteiger partial charge on any atom is 0.124 e. The lowest BCUT2D eigenvalue weighted by molar-refractivity contribution is 0.227. The van der Waals surface area contributed by atoms with E-state index >= 15 is 0 Å². The smallest absolute Gasteiger partial charge is 0.124 e. The van der Waals surface area contributed by atoms with E-state index in [2.05, 4.69) is 37.1 Å². The SMILES string of the molecule is C[C@@H](Oc1ccc(NPI)c(C(=N)c2ccc(N)nc2)c1)c1c(Cl)cncc1Cl. The highest BCUT2D eigenvalue weighted by Crippen LogP contribution is 2.35. The average Bonchev–Trinajstić information content (AvgIpc) is 2.69. The number of anilines is 2. The second-order valence-corrected chi connectivity index (χ2v) is 8.92. The van der Waals surface area contributed by atoms with E-state index < -0.39 is 6.10 Å². The van der Waals surface area contributed by atoms with Crippen LogP contribution in [0.25, 0.3) is 0 Å². The van der Waals surface area contributed by atoms with Gasteiger partial charge in [-0.05, 0) is 59.3 Å². The van der Waals surface area contributed by atoms with Crippen LogP contribution in [0.5, 0.6) is 5.75 Å². The molecule has 1 unspecified atom stereocenters. The Morgan fingerprint density at radius 3 is 2.55 bits per heavy atom. The Labute approximate surface area is 193 Å². The van der Waals surface area contributed by atoms with Crippen molar-refractivity contribution in [2.75, 3.05) is 10.8 Å². The number of nitrogens with two attached hydrogens (primary N) is 1. The summed E-state index contributed by atoms with van der Waals surface area (Å²) in [7, 11) is 0. The van der Waals surface area contributed by atoms with E-state index in [-0.39, 0.29) is 0 Å². The van der Waals surface area contributed by atoms with Crippen molar-refractivity contribution >= 4 is 68.8 Å². The zero-order valence-corrected chi connectivity index (χ0v) is 19.9. The highest BCUT2D eigenvalue weighted by atomic mass is 127. The Morgan fingerprint density at radius 2 is 1.93 bits per heavy atom. The third-order valence-corrected chi connectivity index (χ3v) is 5.90. The molecule has 1 aromatic carbocycles. The molecule has 2 atom stereocenters. The number of pyridine rings is 2. The van der Waals surface area contributed by atoms with Crippen molar-refractivity contribution in [3.05, 3.63) is 75.7 Å². The number of halogens is 3. The maximum atomic E-state index is 8.65. The fraction of sp³-hybridized carbons (Fsp3) is 0.105. The van der Waals surface area contributed by atoms with Gasteiger partial charge in [0, 0.05) is 47.3 Å². The van der Waals surface area contributed by atoms with Crippen molar-refractivity contribution in [1.82, 2.24) is 9.97 Å². The zero-order valence-electron chi connectivity index (χ0n) is 15.2. The number of rotatable bonds is 7. The first kappa shape index (κ1) is 22.0. The van der Waals surface area contributed by atoms with E-state index in [1.807, 2.05) is 25.1 Å². The molecule has 0 fully saturated rings. The number of aromatic nitrogens is 2. The van der Waals surface area contributed by atoms with Crippen LogP contribution in [0, 0.1) is 5.41 Å². The van der Waals surface area contributed by atoms with Gasteiger partial charge in [-0.1, -0.05) is 23.2 Å². The molecule has 0 saturated carbocycles. The lowest BCUT2D eigenvalue weighted by Gasteiger charge is -2.19. The highest BCUT2D eigenvalue weighted by Gasteiger charge is 2.18. The molecule has 6 nitrogen and oxygen atoms in total. The van der Waals surface area contributed by atoms with Crippen LogP contribution >= 0.6 is 51.6 Å². The summed E-state index contributed by atoms with van der Waals surface area (Å²) in [5, 5.41) is 12.8. The molecular weight excluding hydrogens is 543 g/mol. The predicted molar refractivity (Wildman–Crippen MR) is 130 cm³/mol. The molecule has 150 valence electrons. The molecule has 0 spiro atoms. The fourth-order valence-corrected chi connectivity index (χ4v) is 4.61. The second kappa shape index (κ2) is 9.89. The summed E-state index contributed by atoms with van der Waals surface area (Å²) in [4.78, 5) is 8.05. The number of ether oxygens (including phenoxy) is 1. The summed E-state index contributed by atoms with van der Waals surface area (Å²) in [5.74, 6) is 0.998. The van der Waals surface area contributed by atoms with Gasteiger partial charge < -0.3 is 15.6 Å². The van der Waals surface area contributed by atoms with Gasteiger partial charge in [-0.2, -0.15) is 0 Å². The largest absolute Gasteiger partial charge is 0.486 e. The van der Waals surface area contributed by atoms with Crippen LogP contribution in [0.1, 0.15) is 29.7 Å². The van der Waals surface area contributed by atoms with Crippen LogP contribution < -0.4 is 15.6 Å². The molecule has 0 aliphatic heterocycles. The molecule has 10 heteroatoms. The van der Waals surface area contributed by atoms with Gasteiger partial charge in [0.1, 0.15) is 17.7 Å². The second-order valence-electron chi connectivity index (χ2n) is 6.05. The van der Waals surface area contributed by atoms with E-state index in [9.17, 15) is 0 Å². The summed E-state index contributed by atoms with van der Waals surface area (Å²) in [5.41, 5.74) is 8.82. The predicted octanol–water partition coefficient (Wildman–Crippen LogP) is 6.28. The van der Waals surface area contributed by atoms with Crippen molar-refractivity contribution in [2.24, 2.45) is 0 Å². The van der Waals surface area contributed by atoms with Crippen molar-refractivity contribution in [3.63, 3.8) is 0 Å². The summed E-state index contributed by atoms with van der Waals surface area (Å²) in [6, 6.07) is 8.99. The topological polar surface area (TPSA) is 96.9 Å². The van der Waals surface area contributed by atoms with Crippen LogP contribution in [-0.4, -0.2) is 15.7 Å². The van der Waals surface area contributed by atoms with Crippen molar-refractivity contribution < 1.29 is 4.74 Å². The minimum absolute atomic E-state index is 0.313. The molecule has 0 radical (unpaired) electrons. The standard InChI is InChI=1S/C19H17Cl2IN5OP/c1-10(18-14(20)8-25-9-15(18)21)28-12-3-4-16(27-29-22)13(6-12)19(24)11-2-5-17(23)26-7-11/h2-10,24,27,29H,1H3,(H2,23,26)/t10-/m1/s1. The number of nitrogen functional groups attached to an aromatic ring is 1. The Morgan fingerprint density at radius 1 is 1.21 bits per heavy atom. The van der Waals surface area contributed by atoms with E-state index in [1.165, 1.54) is 12.4 Å². The molecular formula is C19H17Cl2IN5OP. The summed E-state index contributed by atoms with van der Waals surface area (Å²) in [6.07, 6.45) is 4.70. The van der Waals surface area contributed by atoms with E-state index in [0.717, 1.165) is 5.69 Å². The van der Waals surface area contributed by atoms with E-state index in [0.29, 0.717) is 50.4 Å². The summed E-state index contributed by atoms with van der Waals surface area (Å²) in [6.45, 7) is 1.86. The Kier molecular flexibility index (Phi) is 7.51. The lowest BCUT2D eigenvalue weighted by Crippen LogP contribution is -2.08. The molecule has 2 heterocycles. The first-order valence-corrected chi connectivity index (χ1v) is 13.3. The molecule has 0 saturated heterocycles. The summed E-state index contributed by atoms with van der Waals surface area (Å²) < 4.78 is 6.08. The molecule has 0 bridgehead atoms. The quantitative estimate of drug-likeness (QED) is 0.180. The summed E-state index contributed by atoms with van der Waals surface area (Å²) >= 11 is 14.7. The highest BCUT2D eigenvalue weighted by molar-refractivity contribution is 14.2. The zero-order chi connectivity index (χ0) is 21.0. The van der Waals surface area contributed by atoms with Crippen molar-refractivity contribution in [2.45, 2.75) is 13.0 Å². The lowest BCUT2D eigenvalue weighted by atomic mass is 10.0. The van der Waals surface area contributed by atoms with E-state index in [1.54, 1.807) is 18.3 Å². The van der Waals surface area contributed by atoms with Crippen molar-refractivity contribution in [1.29, 1.82) is 5.41 Å². The molecule has 0 amide bonds. The Hall–Kier alpha value is -1.67. The molecule has 3 rings (SSSR count). The van der Waals surface area contributed by atoms with Crippen LogP contribution in [0.3, 0.4) is 0 Å². The molecule has 0 aliphatic carbocycles. The molecule has 2 aromatic heterocycles. The number of hydrogen-bond donors (Lipinski definition) is 3. The third-order valence-electron chi connectivity index (χ3n) is 4.13.